The Kier molecular flexibility index (Phi) is 4.42. The predicted octanol–water partition coefficient (Wildman–Crippen LogP) is 2.61. The first-order chi connectivity index (χ1) is 9.60. The first-order valence-corrected chi connectivity index (χ1v) is 6.24. The Labute approximate surface area is 121 Å². The summed E-state index contributed by atoms with van der Waals surface area (Å²) in [6, 6.07) is 10.3. The third-order valence-electron chi connectivity index (χ3n) is 2.60. The maximum atomic E-state index is 7.51. The summed E-state index contributed by atoms with van der Waals surface area (Å²) in [7, 11) is 1.55. The van der Waals surface area contributed by atoms with Gasteiger partial charge in [-0.25, -0.2) is 4.98 Å². The van der Waals surface area contributed by atoms with Crippen LogP contribution in [0.15, 0.2) is 36.4 Å². The lowest BCUT2D eigenvalue weighted by Crippen LogP contribution is -2.13. The normalized spacial score (nSPS) is 10.1. The minimum absolute atomic E-state index is 0.0738. The highest BCUT2D eigenvalue weighted by Gasteiger charge is 2.08. The average molecular weight is 292 g/mol. The SMILES string of the molecule is COc1cccc(COc2cc(Cl)ccc2C(=N)N)n1. The third kappa shape index (κ3) is 3.39. The summed E-state index contributed by atoms with van der Waals surface area (Å²) < 4.78 is 10.7. The Bertz CT molecular complexity index is 632. The van der Waals surface area contributed by atoms with Gasteiger partial charge in [0.05, 0.1) is 18.4 Å². The van der Waals surface area contributed by atoms with Crippen LogP contribution < -0.4 is 15.2 Å². The van der Waals surface area contributed by atoms with Crippen molar-refractivity contribution in [1.29, 1.82) is 5.41 Å². The second kappa shape index (κ2) is 6.25. The van der Waals surface area contributed by atoms with Gasteiger partial charge in [0.2, 0.25) is 5.88 Å². The number of amidine groups is 1. The maximum Gasteiger partial charge on any atom is 0.213 e. The highest BCUT2D eigenvalue weighted by atomic mass is 35.5. The number of pyridine rings is 1. The molecule has 1 aromatic carbocycles. The standard InChI is InChI=1S/C14H14ClN3O2/c1-19-13-4-2-3-10(18-13)8-20-12-7-9(15)5-6-11(12)14(16)17/h2-7H,8H2,1H3,(H3,16,17). The molecule has 0 saturated heterocycles. The van der Waals surface area contributed by atoms with Gasteiger partial charge in [-0.2, -0.15) is 0 Å². The number of nitrogen functional groups attached to an aromatic ring is 1. The molecule has 0 atom stereocenters. The van der Waals surface area contributed by atoms with Crippen LogP contribution in [-0.2, 0) is 6.61 Å². The van der Waals surface area contributed by atoms with Gasteiger partial charge in [0.25, 0.3) is 0 Å². The molecule has 2 aromatic rings. The Morgan fingerprint density at radius 1 is 1.35 bits per heavy atom. The quantitative estimate of drug-likeness (QED) is 0.655. The molecule has 104 valence electrons. The fourth-order valence-corrected chi connectivity index (χ4v) is 1.80. The van der Waals surface area contributed by atoms with E-state index in [0.717, 1.165) is 0 Å². The van der Waals surface area contributed by atoms with Gasteiger partial charge < -0.3 is 15.2 Å². The molecule has 20 heavy (non-hydrogen) atoms. The third-order valence-corrected chi connectivity index (χ3v) is 2.83. The van der Waals surface area contributed by atoms with E-state index in [1.54, 1.807) is 31.4 Å². The summed E-state index contributed by atoms with van der Waals surface area (Å²) in [5, 5.41) is 8.03. The zero-order valence-corrected chi connectivity index (χ0v) is 11.6. The van der Waals surface area contributed by atoms with E-state index in [1.165, 1.54) is 0 Å². The van der Waals surface area contributed by atoms with Crippen LogP contribution in [0, 0.1) is 5.41 Å². The minimum Gasteiger partial charge on any atom is -0.486 e. The molecule has 0 amide bonds. The van der Waals surface area contributed by atoms with Gasteiger partial charge in [-0.15, -0.1) is 0 Å². The van der Waals surface area contributed by atoms with Crippen molar-refractivity contribution < 1.29 is 9.47 Å². The molecular formula is C14H14ClN3O2. The second-order valence-corrected chi connectivity index (χ2v) is 4.45. The summed E-state index contributed by atoms with van der Waals surface area (Å²) in [6.07, 6.45) is 0. The molecule has 0 fully saturated rings. The zero-order chi connectivity index (χ0) is 14.5. The van der Waals surface area contributed by atoms with E-state index in [-0.39, 0.29) is 12.4 Å². The number of nitrogens with two attached hydrogens (primary N) is 1. The number of hydrogen-bond acceptors (Lipinski definition) is 4. The second-order valence-electron chi connectivity index (χ2n) is 4.01. The van der Waals surface area contributed by atoms with Gasteiger partial charge in [0.15, 0.2) is 0 Å². The summed E-state index contributed by atoms with van der Waals surface area (Å²) in [4.78, 5) is 4.24. The monoisotopic (exact) mass is 291 g/mol. The lowest BCUT2D eigenvalue weighted by atomic mass is 10.2. The van der Waals surface area contributed by atoms with Crippen molar-refractivity contribution in [2.24, 2.45) is 5.73 Å². The van der Waals surface area contributed by atoms with Crippen molar-refractivity contribution in [3.05, 3.63) is 52.7 Å². The number of nitrogens with one attached hydrogen (secondary N) is 1. The van der Waals surface area contributed by atoms with Crippen LogP contribution in [0.1, 0.15) is 11.3 Å². The minimum atomic E-state index is -0.0738. The van der Waals surface area contributed by atoms with Crippen molar-refractivity contribution in [2.75, 3.05) is 7.11 Å². The number of ether oxygens (including phenoxy) is 2. The van der Waals surface area contributed by atoms with Crippen molar-refractivity contribution in [1.82, 2.24) is 4.98 Å². The van der Waals surface area contributed by atoms with Crippen LogP contribution in [0.25, 0.3) is 0 Å². The molecule has 0 bridgehead atoms. The Morgan fingerprint density at radius 2 is 2.15 bits per heavy atom. The summed E-state index contributed by atoms with van der Waals surface area (Å²) >= 11 is 5.92. The van der Waals surface area contributed by atoms with E-state index in [1.807, 2.05) is 12.1 Å². The van der Waals surface area contributed by atoms with Gasteiger partial charge in [-0.05, 0) is 24.3 Å². The fourth-order valence-electron chi connectivity index (χ4n) is 1.64. The average Bonchev–Trinajstić information content (AvgIpc) is 2.45. The molecule has 0 radical (unpaired) electrons. The van der Waals surface area contributed by atoms with Crippen LogP contribution >= 0.6 is 11.6 Å². The highest BCUT2D eigenvalue weighted by molar-refractivity contribution is 6.30. The number of aromatic nitrogens is 1. The van der Waals surface area contributed by atoms with Crippen molar-refractivity contribution in [3.8, 4) is 11.6 Å². The van der Waals surface area contributed by atoms with E-state index in [9.17, 15) is 0 Å². The smallest absolute Gasteiger partial charge is 0.213 e. The van der Waals surface area contributed by atoms with E-state index < -0.39 is 0 Å². The number of methoxy groups -OCH3 is 1. The van der Waals surface area contributed by atoms with Crippen LogP contribution in [0.3, 0.4) is 0 Å². The van der Waals surface area contributed by atoms with Gasteiger partial charge in [0, 0.05) is 11.1 Å². The van der Waals surface area contributed by atoms with Gasteiger partial charge in [-0.1, -0.05) is 17.7 Å². The first kappa shape index (κ1) is 14.1. The Hall–Kier alpha value is -2.27. The lowest BCUT2D eigenvalue weighted by Gasteiger charge is -2.11. The van der Waals surface area contributed by atoms with E-state index in [4.69, 9.17) is 32.2 Å². The number of benzene rings is 1. The fraction of sp³-hybridized carbons (Fsp3) is 0.143. The van der Waals surface area contributed by atoms with Gasteiger partial charge >= 0.3 is 0 Å². The molecular weight excluding hydrogens is 278 g/mol. The molecule has 0 aliphatic carbocycles. The van der Waals surface area contributed by atoms with Crippen molar-refractivity contribution in [2.45, 2.75) is 6.61 Å². The molecule has 2 rings (SSSR count). The van der Waals surface area contributed by atoms with Crippen LogP contribution in [0.2, 0.25) is 5.02 Å². The molecule has 1 aromatic heterocycles. The summed E-state index contributed by atoms with van der Waals surface area (Å²) in [5.74, 6) is 0.897. The van der Waals surface area contributed by atoms with Crippen LogP contribution in [0.4, 0.5) is 0 Å². The van der Waals surface area contributed by atoms with Crippen molar-refractivity contribution >= 4 is 17.4 Å². The molecule has 5 nitrogen and oxygen atoms in total. The van der Waals surface area contributed by atoms with Gasteiger partial charge in [0.1, 0.15) is 18.2 Å². The molecule has 0 unspecified atom stereocenters. The Morgan fingerprint density at radius 3 is 2.85 bits per heavy atom. The number of nitrogens with zero attached hydrogens (tertiary/aromatic N) is 1. The molecule has 0 saturated carbocycles. The topological polar surface area (TPSA) is 81.2 Å². The number of hydrogen-bond donors (Lipinski definition) is 2. The van der Waals surface area contributed by atoms with E-state index >= 15 is 0 Å². The molecule has 0 spiro atoms. The van der Waals surface area contributed by atoms with Gasteiger partial charge in [-0.3, -0.25) is 5.41 Å². The zero-order valence-electron chi connectivity index (χ0n) is 10.9. The van der Waals surface area contributed by atoms with E-state index in [0.29, 0.717) is 27.9 Å². The number of rotatable bonds is 5. The van der Waals surface area contributed by atoms with E-state index in [2.05, 4.69) is 4.98 Å². The predicted molar refractivity (Wildman–Crippen MR) is 77.6 cm³/mol. The summed E-state index contributed by atoms with van der Waals surface area (Å²) in [6.45, 7) is 0.234. The molecule has 1 heterocycles. The first-order valence-electron chi connectivity index (χ1n) is 5.87. The van der Waals surface area contributed by atoms with Crippen LogP contribution in [0.5, 0.6) is 11.6 Å². The van der Waals surface area contributed by atoms with Crippen molar-refractivity contribution in [3.63, 3.8) is 0 Å². The number of halogens is 1. The molecule has 6 heteroatoms. The molecule has 0 aliphatic heterocycles. The summed E-state index contributed by atoms with van der Waals surface area (Å²) in [5.41, 5.74) is 6.71. The largest absolute Gasteiger partial charge is 0.486 e. The maximum absolute atomic E-state index is 7.51. The Balaban J connectivity index is 2.17. The van der Waals surface area contributed by atoms with Crippen LogP contribution in [-0.4, -0.2) is 17.9 Å². The highest BCUT2D eigenvalue weighted by Crippen LogP contribution is 2.24. The molecule has 0 aliphatic rings. The lowest BCUT2D eigenvalue weighted by molar-refractivity contribution is 0.297. The molecule has 3 N–H and O–H groups in total.